The van der Waals surface area contributed by atoms with E-state index in [1.54, 1.807) is 0 Å². The normalized spacial score (nSPS) is 27.2. The van der Waals surface area contributed by atoms with Gasteiger partial charge in [-0.2, -0.15) is 0 Å². The predicted molar refractivity (Wildman–Crippen MR) is 60.1 cm³/mol. The summed E-state index contributed by atoms with van der Waals surface area (Å²) in [6, 6.07) is -0.381. The highest BCUT2D eigenvalue weighted by Gasteiger charge is 2.31. The van der Waals surface area contributed by atoms with Crippen molar-refractivity contribution in [3.8, 4) is 0 Å². The fraction of sp³-hybridized carbons (Fsp3) is 0.818. The number of hydrogen-bond acceptors (Lipinski definition) is 3. The third kappa shape index (κ3) is 3.48. The summed E-state index contributed by atoms with van der Waals surface area (Å²) in [6.07, 6.45) is 1.69. The molecule has 0 aromatic heterocycles. The molecular weight excluding hydrogens is 208 g/mol. The number of nitrogens with one attached hydrogen (secondary N) is 1. The first-order valence-corrected chi connectivity index (χ1v) is 5.80. The molecule has 1 saturated heterocycles. The molecule has 0 saturated carbocycles. The van der Waals surface area contributed by atoms with E-state index >= 15 is 0 Å². The summed E-state index contributed by atoms with van der Waals surface area (Å²) in [5, 5.41) is 11.7. The van der Waals surface area contributed by atoms with E-state index in [0.717, 1.165) is 25.9 Å². The Balaban J connectivity index is 2.75. The van der Waals surface area contributed by atoms with Gasteiger partial charge in [0.1, 0.15) is 0 Å². The third-order valence-corrected chi connectivity index (χ3v) is 2.86. The number of carboxylic acid groups (broad SMARTS) is 1. The third-order valence-electron chi connectivity index (χ3n) is 2.86. The Morgan fingerprint density at radius 1 is 1.62 bits per heavy atom. The molecule has 0 aromatic carbocycles. The lowest BCUT2D eigenvalue weighted by atomic mass is 10.1. The molecule has 1 aliphatic rings. The summed E-state index contributed by atoms with van der Waals surface area (Å²) >= 11 is 0. The van der Waals surface area contributed by atoms with E-state index in [-0.39, 0.29) is 18.4 Å². The maximum atomic E-state index is 11.8. The number of carboxylic acids is 1. The first-order chi connectivity index (χ1) is 7.54. The average molecular weight is 228 g/mol. The van der Waals surface area contributed by atoms with Crippen LogP contribution in [0.4, 0.5) is 0 Å². The number of amides is 1. The van der Waals surface area contributed by atoms with Crippen molar-refractivity contribution in [1.82, 2.24) is 10.2 Å². The molecule has 1 amide bonds. The van der Waals surface area contributed by atoms with E-state index in [1.807, 2.05) is 18.7 Å². The Labute approximate surface area is 95.8 Å². The van der Waals surface area contributed by atoms with Gasteiger partial charge in [-0.05, 0) is 26.3 Å². The zero-order valence-corrected chi connectivity index (χ0v) is 9.90. The van der Waals surface area contributed by atoms with Crippen molar-refractivity contribution in [2.75, 3.05) is 13.1 Å². The van der Waals surface area contributed by atoms with E-state index in [0.29, 0.717) is 0 Å². The monoisotopic (exact) mass is 228 g/mol. The maximum absolute atomic E-state index is 11.8. The Hall–Kier alpha value is -1.10. The van der Waals surface area contributed by atoms with Gasteiger partial charge in [0, 0.05) is 12.6 Å². The number of aliphatic carboxylic acids is 1. The lowest BCUT2D eigenvalue weighted by Gasteiger charge is -2.26. The molecule has 1 heterocycles. The first kappa shape index (κ1) is 13.0. The molecule has 0 bridgehead atoms. The van der Waals surface area contributed by atoms with Gasteiger partial charge in [0.2, 0.25) is 5.91 Å². The average Bonchev–Trinajstić information content (AvgIpc) is 2.31. The van der Waals surface area contributed by atoms with Gasteiger partial charge in [-0.15, -0.1) is 0 Å². The van der Waals surface area contributed by atoms with Crippen LogP contribution in [0, 0.1) is 0 Å². The number of carbonyl (C=O) groups is 2. The van der Waals surface area contributed by atoms with Gasteiger partial charge in [-0.1, -0.05) is 6.92 Å². The summed E-state index contributed by atoms with van der Waals surface area (Å²) in [5.41, 5.74) is 0. The van der Waals surface area contributed by atoms with Crippen molar-refractivity contribution in [3.05, 3.63) is 0 Å². The highest BCUT2D eigenvalue weighted by Crippen LogP contribution is 2.12. The molecule has 2 N–H and O–H groups in total. The molecular formula is C11H20N2O3. The van der Waals surface area contributed by atoms with Crippen LogP contribution in [0.2, 0.25) is 0 Å². The quantitative estimate of drug-likeness (QED) is 0.733. The van der Waals surface area contributed by atoms with Crippen LogP contribution in [-0.4, -0.2) is 47.1 Å². The van der Waals surface area contributed by atoms with Gasteiger partial charge < -0.3 is 10.4 Å². The van der Waals surface area contributed by atoms with E-state index in [4.69, 9.17) is 5.11 Å². The zero-order chi connectivity index (χ0) is 12.1. The molecule has 0 spiro atoms. The van der Waals surface area contributed by atoms with Crippen LogP contribution in [0.15, 0.2) is 0 Å². The van der Waals surface area contributed by atoms with E-state index in [1.165, 1.54) is 0 Å². The summed E-state index contributed by atoms with van der Waals surface area (Å²) in [4.78, 5) is 24.6. The molecule has 2 unspecified atom stereocenters. The van der Waals surface area contributed by atoms with Gasteiger partial charge in [-0.25, -0.2) is 0 Å². The van der Waals surface area contributed by atoms with Crippen molar-refractivity contribution in [1.29, 1.82) is 0 Å². The lowest BCUT2D eigenvalue weighted by molar-refractivity contribution is -0.141. The Bertz CT molecular complexity index is 268. The van der Waals surface area contributed by atoms with Crippen LogP contribution in [0.1, 0.15) is 33.1 Å². The highest BCUT2D eigenvalue weighted by atomic mass is 16.4. The summed E-state index contributed by atoms with van der Waals surface area (Å²) in [6.45, 7) is 5.54. The Morgan fingerprint density at radius 3 is 2.88 bits per heavy atom. The molecule has 1 fully saturated rings. The van der Waals surface area contributed by atoms with Crippen molar-refractivity contribution in [2.45, 2.75) is 45.2 Å². The second kappa shape index (κ2) is 5.84. The predicted octanol–water partition coefficient (Wildman–Crippen LogP) is 0.450. The van der Waals surface area contributed by atoms with Crippen LogP contribution in [0.3, 0.4) is 0 Å². The van der Waals surface area contributed by atoms with Gasteiger partial charge in [0.05, 0.1) is 12.5 Å². The lowest BCUT2D eigenvalue weighted by Crippen LogP contribution is -2.46. The van der Waals surface area contributed by atoms with Crippen molar-refractivity contribution < 1.29 is 14.7 Å². The standard InChI is InChI=1S/C11H20N2O3/c1-3-5-13-6-4-8(2)12-11(16)9(13)7-10(14)15/h8-9H,3-7H2,1-2H3,(H,12,16)(H,14,15). The van der Waals surface area contributed by atoms with E-state index in [2.05, 4.69) is 5.32 Å². The molecule has 1 aliphatic heterocycles. The minimum atomic E-state index is -0.921. The molecule has 0 aliphatic carbocycles. The number of hydrogen-bond donors (Lipinski definition) is 2. The number of carbonyl (C=O) groups excluding carboxylic acids is 1. The number of rotatable bonds is 4. The van der Waals surface area contributed by atoms with Gasteiger partial charge >= 0.3 is 5.97 Å². The second-order valence-corrected chi connectivity index (χ2v) is 4.35. The molecule has 16 heavy (non-hydrogen) atoms. The zero-order valence-electron chi connectivity index (χ0n) is 9.90. The van der Waals surface area contributed by atoms with Crippen LogP contribution in [-0.2, 0) is 9.59 Å². The Kier molecular flexibility index (Phi) is 4.73. The molecule has 0 aromatic rings. The number of nitrogens with zero attached hydrogens (tertiary/aromatic N) is 1. The molecule has 2 atom stereocenters. The molecule has 5 nitrogen and oxygen atoms in total. The van der Waals surface area contributed by atoms with Crippen LogP contribution >= 0.6 is 0 Å². The van der Waals surface area contributed by atoms with E-state index in [9.17, 15) is 9.59 Å². The fourth-order valence-electron chi connectivity index (χ4n) is 2.03. The minimum Gasteiger partial charge on any atom is -0.481 e. The largest absolute Gasteiger partial charge is 0.481 e. The SMILES string of the molecule is CCCN1CCC(C)NC(=O)C1CC(=O)O. The maximum Gasteiger partial charge on any atom is 0.305 e. The van der Waals surface area contributed by atoms with Crippen molar-refractivity contribution in [3.63, 3.8) is 0 Å². The highest BCUT2D eigenvalue weighted by molar-refractivity contribution is 5.86. The van der Waals surface area contributed by atoms with Crippen LogP contribution < -0.4 is 5.32 Å². The first-order valence-electron chi connectivity index (χ1n) is 5.80. The molecule has 0 radical (unpaired) electrons. The summed E-state index contributed by atoms with van der Waals surface area (Å²) < 4.78 is 0. The van der Waals surface area contributed by atoms with Crippen molar-refractivity contribution >= 4 is 11.9 Å². The van der Waals surface area contributed by atoms with Gasteiger partial charge in [0.15, 0.2) is 0 Å². The minimum absolute atomic E-state index is 0.113. The molecule has 92 valence electrons. The second-order valence-electron chi connectivity index (χ2n) is 4.35. The van der Waals surface area contributed by atoms with Crippen molar-refractivity contribution in [2.24, 2.45) is 0 Å². The smallest absolute Gasteiger partial charge is 0.305 e. The fourth-order valence-corrected chi connectivity index (χ4v) is 2.03. The Morgan fingerprint density at radius 2 is 2.31 bits per heavy atom. The van der Waals surface area contributed by atoms with Crippen LogP contribution in [0.5, 0.6) is 0 Å². The molecule has 5 heteroatoms. The van der Waals surface area contributed by atoms with Gasteiger partial charge in [-0.3, -0.25) is 14.5 Å². The van der Waals surface area contributed by atoms with Crippen LogP contribution in [0.25, 0.3) is 0 Å². The summed E-state index contributed by atoms with van der Waals surface area (Å²) in [5.74, 6) is -1.07. The summed E-state index contributed by atoms with van der Waals surface area (Å²) in [7, 11) is 0. The van der Waals surface area contributed by atoms with E-state index < -0.39 is 12.0 Å². The topological polar surface area (TPSA) is 69.6 Å². The molecule has 1 rings (SSSR count). The van der Waals surface area contributed by atoms with Gasteiger partial charge in [0.25, 0.3) is 0 Å².